The number of hydrogen-bond acceptors (Lipinski definition) is 15. The molecule has 3 atom stereocenters. The first-order valence-electron chi connectivity index (χ1n) is 31.5. The summed E-state index contributed by atoms with van der Waals surface area (Å²) in [6.07, 6.45) is 3.23. The number of nitrogens with one attached hydrogen (secondary N) is 6. The van der Waals surface area contributed by atoms with Gasteiger partial charge in [0.2, 0.25) is 17.7 Å². The highest BCUT2D eigenvalue weighted by Crippen LogP contribution is 2.40. The first-order chi connectivity index (χ1) is 45.1. The van der Waals surface area contributed by atoms with Crippen LogP contribution in [0.1, 0.15) is 97.8 Å². The summed E-state index contributed by atoms with van der Waals surface area (Å²) in [7, 11) is 5.57. The Labute approximate surface area is 553 Å². The standard InChI is InChI=1S/3C22H29F2N5O3/c1-22(2,3)19(20(31)25-8-10-30)26-21(32)29-17-12-28(4)9-7-14(17)18(27-29)13-5-6-15(23)16(24)11-13;1-22(2,3)19(20(31)25-9-11-30)26-21(32)29-16-6-5-10-28(4)18(16)17(27-29)14-12-13(23)7-8-15(14)24;1-22(2,3)19(20(31)25-9-11-30)26-21(32)29-16-6-5-10-28(4)18(16)17(27-29)13-7-8-14(23)15(24)12-13/h5-6,11,19,30H,7-10,12H2,1-4H3,(H,25,31)(H,26,32);2*7-8,12,19,30H,5-6,9-11H2,1-4H3,(H,25,31)(H,26,32)/t3*19-/m111/s1. The zero-order chi connectivity index (χ0) is 70.9. The molecule has 3 aliphatic heterocycles. The Morgan fingerprint density at radius 2 is 0.844 bits per heavy atom. The quantitative estimate of drug-likeness (QED) is 0.0497. The molecule has 522 valence electrons. The molecule has 9 rings (SSSR count). The molecule has 0 aliphatic carbocycles. The van der Waals surface area contributed by atoms with Crippen molar-refractivity contribution < 1.29 is 70.4 Å². The van der Waals surface area contributed by atoms with E-state index in [2.05, 4.69) is 47.2 Å². The summed E-state index contributed by atoms with van der Waals surface area (Å²) in [6.45, 7) is 18.4. The third-order valence-electron chi connectivity index (χ3n) is 16.3. The van der Waals surface area contributed by atoms with E-state index in [4.69, 9.17) is 15.3 Å². The molecule has 0 unspecified atom stereocenters. The largest absolute Gasteiger partial charge is 0.395 e. The molecule has 0 saturated carbocycles. The smallest absolute Gasteiger partial charge is 0.343 e. The predicted octanol–water partition coefficient (Wildman–Crippen LogP) is 6.48. The number of rotatable bonds is 15. The molecule has 6 heterocycles. The minimum absolute atomic E-state index is 0.0328. The molecule has 96 heavy (non-hydrogen) atoms. The number of aliphatic hydroxyl groups excluding tert-OH is 3. The molecule has 3 aromatic heterocycles. The molecule has 3 aromatic carbocycles. The highest BCUT2D eigenvalue weighted by Gasteiger charge is 2.39. The molecule has 30 heteroatoms. The number of fused-ring (bicyclic) bond motifs is 3. The molecule has 9 N–H and O–H groups in total. The average Bonchev–Trinajstić information content (AvgIpc) is 1.62. The van der Waals surface area contributed by atoms with Gasteiger partial charge in [-0.15, -0.1) is 0 Å². The summed E-state index contributed by atoms with van der Waals surface area (Å²) in [5, 5.41) is 56.2. The van der Waals surface area contributed by atoms with Crippen molar-refractivity contribution in [2.75, 3.05) is 90.0 Å². The molecular formula is C66H87F6N15O9. The normalized spacial score (nSPS) is 14.8. The van der Waals surface area contributed by atoms with E-state index in [1.807, 2.05) is 77.4 Å². The average molecular weight is 1350 g/mol. The lowest BCUT2D eigenvalue weighted by Crippen LogP contribution is -2.55. The molecule has 3 aliphatic rings. The Hall–Kier alpha value is -8.87. The second-order valence-electron chi connectivity index (χ2n) is 27.0. The number of anilines is 2. The fraction of sp³-hybridized carbons (Fsp3) is 0.500. The van der Waals surface area contributed by atoms with Crippen LogP contribution in [0.3, 0.4) is 0 Å². The number of benzene rings is 3. The fourth-order valence-electron chi connectivity index (χ4n) is 11.4. The summed E-state index contributed by atoms with van der Waals surface area (Å²) in [6, 6.07) is 5.66. The number of amides is 6. The van der Waals surface area contributed by atoms with E-state index in [1.165, 1.54) is 21.5 Å². The maximum absolute atomic E-state index is 14.5. The van der Waals surface area contributed by atoms with Crippen molar-refractivity contribution in [1.29, 1.82) is 0 Å². The summed E-state index contributed by atoms with van der Waals surface area (Å²) >= 11 is 0. The molecule has 6 aromatic rings. The van der Waals surface area contributed by atoms with Gasteiger partial charge in [-0.25, -0.2) is 40.7 Å². The van der Waals surface area contributed by atoms with Gasteiger partial charge in [0.15, 0.2) is 23.3 Å². The fourth-order valence-corrected chi connectivity index (χ4v) is 11.4. The first-order valence-corrected chi connectivity index (χ1v) is 31.5. The molecule has 0 saturated heterocycles. The van der Waals surface area contributed by atoms with E-state index in [0.717, 1.165) is 78.6 Å². The molecule has 24 nitrogen and oxygen atoms in total. The van der Waals surface area contributed by atoms with Gasteiger partial charge in [-0.05, 0) is 110 Å². The Balaban J connectivity index is 0.000000203. The van der Waals surface area contributed by atoms with Crippen LogP contribution in [0.5, 0.6) is 0 Å². The van der Waals surface area contributed by atoms with Crippen molar-refractivity contribution in [3.8, 4) is 33.8 Å². The molecule has 0 radical (unpaired) electrons. The van der Waals surface area contributed by atoms with Gasteiger partial charge in [0, 0.05) is 82.2 Å². The van der Waals surface area contributed by atoms with Gasteiger partial charge in [-0.2, -0.15) is 29.3 Å². The Kier molecular flexibility index (Phi) is 24.3. The molecule has 0 fully saturated rings. The summed E-state index contributed by atoms with van der Waals surface area (Å²) in [4.78, 5) is 83.3. The van der Waals surface area contributed by atoms with Crippen molar-refractivity contribution >= 4 is 47.2 Å². The maximum Gasteiger partial charge on any atom is 0.343 e. The topological polar surface area (TPSA) is 298 Å². The van der Waals surface area contributed by atoms with Crippen LogP contribution in [0.2, 0.25) is 0 Å². The zero-order valence-corrected chi connectivity index (χ0v) is 56.1. The number of nitrogens with zero attached hydrogens (tertiary/aromatic N) is 9. The molecule has 0 spiro atoms. The monoisotopic (exact) mass is 1350 g/mol. The highest BCUT2D eigenvalue weighted by atomic mass is 19.2. The Bertz CT molecular complexity index is 3820. The lowest BCUT2D eigenvalue weighted by atomic mass is 9.86. The third kappa shape index (κ3) is 17.6. The zero-order valence-electron chi connectivity index (χ0n) is 56.1. The van der Waals surface area contributed by atoms with Crippen molar-refractivity contribution in [2.45, 2.75) is 119 Å². The van der Waals surface area contributed by atoms with Gasteiger partial charge in [0.1, 0.15) is 41.1 Å². The third-order valence-corrected chi connectivity index (χ3v) is 16.3. The summed E-state index contributed by atoms with van der Waals surface area (Å²) in [5.74, 6) is -6.43. The van der Waals surface area contributed by atoms with E-state index in [0.29, 0.717) is 83.3 Å². The number of likely N-dealkylation sites (N-methyl/N-ethyl adjacent to an activating group) is 1. The van der Waals surface area contributed by atoms with Gasteiger partial charge >= 0.3 is 18.1 Å². The number of halogens is 6. The summed E-state index contributed by atoms with van der Waals surface area (Å²) in [5.41, 5.74) is 3.69. The number of hydrogen-bond donors (Lipinski definition) is 9. The van der Waals surface area contributed by atoms with Crippen LogP contribution >= 0.6 is 0 Å². The van der Waals surface area contributed by atoms with Crippen LogP contribution in [-0.2, 0) is 40.2 Å². The van der Waals surface area contributed by atoms with E-state index in [1.54, 1.807) is 20.8 Å². The first kappa shape index (κ1) is 74.5. The lowest BCUT2D eigenvalue weighted by molar-refractivity contribution is -0.126. The van der Waals surface area contributed by atoms with Gasteiger partial charge in [-0.1, -0.05) is 62.3 Å². The van der Waals surface area contributed by atoms with E-state index in [9.17, 15) is 55.1 Å². The molecule has 0 bridgehead atoms. The number of carbonyl (C=O) groups is 6. The van der Waals surface area contributed by atoms with Crippen molar-refractivity contribution in [3.63, 3.8) is 0 Å². The van der Waals surface area contributed by atoms with Crippen LogP contribution in [-0.4, -0.2) is 184 Å². The van der Waals surface area contributed by atoms with Crippen LogP contribution in [0.15, 0.2) is 54.6 Å². The maximum atomic E-state index is 14.5. The minimum Gasteiger partial charge on any atom is -0.395 e. The van der Waals surface area contributed by atoms with Crippen molar-refractivity contribution in [1.82, 2.24) is 66.1 Å². The van der Waals surface area contributed by atoms with E-state index < -0.39 is 105 Å². The SMILES string of the molecule is CN1CCCc2c1c(-c1cc(F)ccc1F)nn2C(=O)N[C@H](C(=O)NCCO)C(C)(C)C.CN1CCCc2c1c(-c1ccc(F)c(F)c1)nn2C(=O)N[C@H](C(=O)NCCO)C(C)(C)C.CN1CCc2c(-c3ccc(F)c(F)c3)nn(C(=O)N[C@H](C(=O)NCCO)C(C)(C)C)c2C1. The van der Waals surface area contributed by atoms with Gasteiger partial charge in [0.05, 0.1) is 54.0 Å². The van der Waals surface area contributed by atoms with Crippen LogP contribution in [0, 0.1) is 51.1 Å². The minimum atomic E-state index is -0.998. The number of aromatic nitrogens is 6. The van der Waals surface area contributed by atoms with Gasteiger partial charge < -0.3 is 61.9 Å². The summed E-state index contributed by atoms with van der Waals surface area (Å²) < 4.78 is 86.6. The van der Waals surface area contributed by atoms with E-state index >= 15 is 0 Å². The Morgan fingerprint density at radius 1 is 0.469 bits per heavy atom. The van der Waals surface area contributed by atoms with Gasteiger partial charge in [0.25, 0.3) is 0 Å². The van der Waals surface area contributed by atoms with Crippen molar-refractivity contribution in [3.05, 3.63) is 112 Å². The molecule has 6 amide bonds. The van der Waals surface area contributed by atoms with Crippen LogP contribution in [0.25, 0.3) is 33.8 Å². The van der Waals surface area contributed by atoms with Crippen molar-refractivity contribution in [2.24, 2.45) is 16.2 Å². The number of aliphatic hydroxyl groups is 3. The Morgan fingerprint density at radius 3 is 1.25 bits per heavy atom. The predicted molar refractivity (Wildman–Crippen MR) is 348 cm³/mol. The molecular weight excluding hydrogens is 1260 g/mol. The van der Waals surface area contributed by atoms with Gasteiger partial charge in [-0.3, -0.25) is 14.4 Å². The number of carbonyl (C=O) groups excluding carboxylic acids is 6. The second kappa shape index (κ2) is 31.3. The lowest BCUT2D eigenvalue weighted by Gasteiger charge is -2.30. The van der Waals surface area contributed by atoms with Crippen LogP contribution < -0.4 is 41.7 Å². The highest BCUT2D eigenvalue weighted by molar-refractivity contribution is 5.92. The van der Waals surface area contributed by atoms with E-state index in [-0.39, 0.29) is 50.7 Å². The second-order valence-corrected chi connectivity index (χ2v) is 27.0. The van der Waals surface area contributed by atoms with Crippen LogP contribution in [0.4, 0.5) is 52.1 Å².